The van der Waals surface area contributed by atoms with Crippen LogP contribution < -0.4 is 29.3 Å². The molecule has 0 unspecified atom stereocenters. The van der Waals surface area contributed by atoms with E-state index in [0.29, 0.717) is 85.1 Å². The van der Waals surface area contributed by atoms with Crippen LogP contribution in [0, 0.1) is 15.5 Å². The molecule has 0 radical (unpaired) electrons. The summed E-state index contributed by atoms with van der Waals surface area (Å²) in [5, 5.41) is 16.6. The van der Waals surface area contributed by atoms with E-state index < -0.39 is 31.4 Å². The molecule has 1 aliphatic carbocycles. The molecule has 7 aliphatic rings. The Bertz CT molecular complexity index is 2970. The molecule has 1 saturated carbocycles. The van der Waals surface area contributed by atoms with E-state index in [2.05, 4.69) is 67.8 Å². The molecule has 1 amide bonds. The van der Waals surface area contributed by atoms with Gasteiger partial charge >= 0.3 is 0 Å². The Balaban J connectivity index is 0.798. The Hall–Kier alpha value is -5.95. The van der Waals surface area contributed by atoms with Crippen molar-refractivity contribution in [1.82, 2.24) is 24.5 Å². The van der Waals surface area contributed by atoms with Gasteiger partial charge in [0, 0.05) is 80.3 Å². The highest BCUT2D eigenvalue weighted by Crippen LogP contribution is 2.54. The van der Waals surface area contributed by atoms with Gasteiger partial charge in [0.15, 0.2) is 11.4 Å². The Kier molecular flexibility index (Phi) is 11.4. The Morgan fingerprint density at radius 1 is 0.971 bits per heavy atom. The van der Waals surface area contributed by atoms with Crippen molar-refractivity contribution < 1.29 is 32.3 Å². The van der Waals surface area contributed by atoms with Crippen LogP contribution >= 0.6 is 0 Å². The van der Waals surface area contributed by atoms with Crippen LogP contribution in [0.5, 0.6) is 11.6 Å². The molecule has 368 valence electrons. The quantitative estimate of drug-likeness (QED) is 0.0857. The monoisotopic (exact) mass is 971 g/mol. The summed E-state index contributed by atoms with van der Waals surface area (Å²) in [6.07, 6.45) is 10.6. The largest absolute Gasteiger partial charge is 0.489 e. The number of carbonyl (C=O) groups excluding carboxylic acids is 1. The summed E-state index contributed by atoms with van der Waals surface area (Å²) in [5.74, 6) is 0.0594. The van der Waals surface area contributed by atoms with Crippen molar-refractivity contribution in [2.45, 2.75) is 106 Å². The molecule has 6 aliphatic heterocycles. The molecule has 70 heavy (non-hydrogen) atoms. The summed E-state index contributed by atoms with van der Waals surface area (Å²) in [6, 6.07) is 21.9. The van der Waals surface area contributed by atoms with Gasteiger partial charge in [-0.3, -0.25) is 24.7 Å². The van der Waals surface area contributed by atoms with Crippen molar-refractivity contribution in [3.63, 3.8) is 0 Å². The maximum absolute atomic E-state index is 14.6. The Labute approximate surface area is 408 Å². The number of rotatable bonds is 11. The predicted octanol–water partition coefficient (Wildman–Crippen LogP) is 7.87. The van der Waals surface area contributed by atoms with Crippen LogP contribution in [-0.4, -0.2) is 122 Å². The first kappa shape index (κ1) is 45.2. The molecule has 4 saturated heterocycles. The third kappa shape index (κ3) is 8.19. The molecule has 17 nitrogen and oxygen atoms in total. The lowest BCUT2D eigenvalue weighted by atomic mass is 9.59. The van der Waals surface area contributed by atoms with E-state index in [1.165, 1.54) is 42.9 Å². The number of carbonyl (C=O) groups is 1. The number of hydrogen-bond acceptors (Lipinski definition) is 14. The van der Waals surface area contributed by atoms with Crippen molar-refractivity contribution in [1.29, 1.82) is 0 Å². The fraction of sp³-hybridized carbons (Fsp3) is 0.500. The number of likely N-dealkylation sites (tertiary alicyclic amines) is 2. The maximum Gasteiger partial charge on any atom is 0.297 e. The average molecular weight is 972 g/mol. The van der Waals surface area contributed by atoms with Gasteiger partial charge < -0.3 is 34.3 Å². The maximum atomic E-state index is 14.6. The number of ether oxygens (including phenoxy) is 3. The minimum atomic E-state index is -4.66. The van der Waals surface area contributed by atoms with Gasteiger partial charge in [-0.05, 0) is 111 Å². The van der Waals surface area contributed by atoms with Crippen LogP contribution in [0.1, 0.15) is 98.7 Å². The number of pyridine rings is 1. The molecule has 5 fully saturated rings. The van der Waals surface area contributed by atoms with E-state index in [9.17, 15) is 23.3 Å². The molecule has 3 aromatic carbocycles. The standard InChI is InChI=1S/C52H61N9O8S/c1-32(2)40-7-3-4-8-41(40)43-9-5-16-59(43)37-26-52(27-37)13-18-57(19-14-52)35-10-11-42(44(23-35)60-17-6-20-67-51-46(60)21-33-12-15-53-49(33)55-51)50(62)56-70(65,66)39-24-45(61(63)64)48-47(25-39)69-30-34(54-48)28-58-29-38-22-36(58)31-68-38/h3-4,7-8,10-12,15,21,23-25,32,34,36-38,43,54H,5-6,9,13-14,16-20,22,26-31H2,1-2H3,(H,53,55)(H,56,62)/t34-,36-,38-,43-/m0/s1. The van der Waals surface area contributed by atoms with Gasteiger partial charge in [-0.1, -0.05) is 38.1 Å². The number of nitrogens with zero attached hydrogens (tertiary/aromatic N) is 6. The number of amides is 1. The van der Waals surface area contributed by atoms with Gasteiger partial charge in [0.1, 0.15) is 17.9 Å². The highest BCUT2D eigenvalue weighted by atomic mass is 32.2. The minimum absolute atomic E-state index is 0.0349. The Morgan fingerprint density at radius 3 is 2.60 bits per heavy atom. The zero-order chi connectivity index (χ0) is 47.9. The SMILES string of the molecule is CC(C)c1ccccc1[C@@H]1CCCN1C1CC2(CCN(c3ccc(C(=O)NS(=O)(=O)c4cc5c(c([N+](=O)[O-])c4)N[C@@H](CN4C[C@@H]6C[C@H]4CO6)CO5)c(N4CCCOc5nc6[nH]ccc6cc54)c3)CC2)C1. The molecule has 12 rings (SSSR count). The predicted molar refractivity (Wildman–Crippen MR) is 266 cm³/mol. The van der Waals surface area contributed by atoms with E-state index in [4.69, 9.17) is 19.2 Å². The smallest absolute Gasteiger partial charge is 0.297 e. The second-order valence-electron chi connectivity index (χ2n) is 21.0. The third-order valence-electron chi connectivity index (χ3n) is 16.4. The molecule has 8 heterocycles. The number of nitro benzene ring substituents is 1. The number of sulfonamides is 1. The van der Waals surface area contributed by atoms with Gasteiger partial charge in [0.25, 0.3) is 21.6 Å². The van der Waals surface area contributed by atoms with Crippen LogP contribution in [0.15, 0.2) is 77.8 Å². The molecule has 3 N–H and O–H groups in total. The van der Waals surface area contributed by atoms with Gasteiger partial charge in [0.2, 0.25) is 5.88 Å². The zero-order valence-corrected chi connectivity index (χ0v) is 40.6. The number of hydrogen-bond donors (Lipinski definition) is 3. The van der Waals surface area contributed by atoms with Crippen molar-refractivity contribution in [2.75, 3.05) is 74.2 Å². The molecule has 2 bridgehead atoms. The highest BCUT2D eigenvalue weighted by molar-refractivity contribution is 7.90. The molecule has 4 atom stereocenters. The number of anilines is 4. The summed E-state index contributed by atoms with van der Waals surface area (Å²) >= 11 is 0. The van der Waals surface area contributed by atoms with E-state index in [0.717, 1.165) is 62.6 Å². The molecular weight excluding hydrogens is 911 g/mol. The summed E-state index contributed by atoms with van der Waals surface area (Å²) < 4.78 is 48.7. The van der Waals surface area contributed by atoms with Gasteiger partial charge in [0.05, 0.1) is 46.4 Å². The summed E-state index contributed by atoms with van der Waals surface area (Å²) in [5.41, 5.74) is 5.82. The second-order valence-corrected chi connectivity index (χ2v) is 22.7. The third-order valence-corrected chi connectivity index (χ3v) is 17.7. The van der Waals surface area contributed by atoms with E-state index in [1.807, 2.05) is 35.4 Å². The van der Waals surface area contributed by atoms with Gasteiger partial charge in [-0.2, -0.15) is 4.98 Å². The van der Waals surface area contributed by atoms with E-state index in [-0.39, 0.29) is 35.8 Å². The molecule has 5 aromatic rings. The lowest BCUT2D eigenvalue weighted by Crippen LogP contribution is -2.55. The number of fused-ring (bicyclic) bond motifs is 5. The van der Waals surface area contributed by atoms with E-state index >= 15 is 0 Å². The number of nitrogens with one attached hydrogen (secondary N) is 3. The second kappa shape index (κ2) is 17.7. The first-order valence-electron chi connectivity index (χ1n) is 25.2. The average Bonchev–Trinajstić information content (AvgIpc) is 4.17. The molecule has 2 aromatic heterocycles. The molecule has 1 spiro atoms. The van der Waals surface area contributed by atoms with Crippen LogP contribution in [-0.2, 0) is 14.8 Å². The lowest BCUT2D eigenvalue weighted by Gasteiger charge is -2.56. The summed E-state index contributed by atoms with van der Waals surface area (Å²) in [7, 11) is -4.66. The van der Waals surface area contributed by atoms with Gasteiger partial charge in [-0.25, -0.2) is 13.1 Å². The number of benzene rings is 3. The fourth-order valence-corrected chi connectivity index (χ4v) is 13.8. The highest BCUT2D eigenvalue weighted by Gasteiger charge is 2.50. The number of morpholine rings is 1. The number of piperidine rings is 1. The van der Waals surface area contributed by atoms with Crippen molar-refractivity contribution in [3.05, 3.63) is 99.7 Å². The fourth-order valence-electron chi connectivity index (χ4n) is 12.8. The van der Waals surface area contributed by atoms with Crippen molar-refractivity contribution >= 4 is 55.4 Å². The topological polar surface area (TPSA) is 188 Å². The van der Waals surface area contributed by atoms with Crippen LogP contribution in [0.3, 0.4) is 0 Å². The first-order chi connectivity index (χ1) is 33.9. The molecular formula is C52H61N9O8S. The number of aromatic amines is 1. The number of aromatic nitrogens is 2. The minimum Gasteiger partial charge on any atom is -0.489 e. The summed E-state index contributed by atoms with van der Waals surface area (Å²) in [6.45, 7) is 10.6. The van der Waals surface area contributed by atoms with Crippen molar-refractivity contribution in [2.24, 2.45) is 5.41 Å². The molecule has 18 heteroatoms. The van der Waals surface area contributed by atoms with Gasteiger partial charge in [-0.15, -0.1) is 0 Å². The normalized spacial score (nSPS) is 24.4. The Morgan fingerprint density at radius 2 is 1.81 bits per heavy atom. The van der Waals surface area contributed by atoms with E-state index in [1.54, 1.807) is 6.07 Å². The summed E-state index contributed by atoms with van der Waals surface area (Å²) in [4.78, 5) is 43.4. The lowest BCUT2D eigenvalue weighted by molar-refractivity contribution is -0.384. The van der Waals surface area contributed by atoms with Crippen LogP contribution in [0.2, 0.25) is 0 Å². The van der Waals surface area contributed by atoms with Crippen LogP contribution in [0.4, 0.5) is 28.4 Å². The number of H-pyrrole nitrogens is 1. The first-order valence-corrected chi connectivity index (χ1v) is 26.6. The van der Waals surface area contributed by atoms with Crippen LogP contribution in [0.25, 0.3) is 11.0 Å². The number of nitro groups is 1. The van der Waals surface area contributed by atoms with Crippen molar-refractivity contribution in [3.8, 4) is 11.6 Å². The zero-order valence-electron chi connectivity index (χ0n) is 39.8.